The monoisotopic (exact) mass is 449 g/mol. The number of rotatable bonds is 4. The topological polar surface area (TPSA) is 56.4 Å². The van der Waals surface area contributed by atoms with Crippen molar-refractivity contribution in [2.24, 2.45) is 0 Å². The molecule has 6 rings (SSSR count). The highest BCUT2D eigenvalue weighted by molar-refractivity contribution is 6.05. The first kappa shape index (κ1) is 20.7. The van der Waals surface area contributed by atoms with Crippen molar-refractivity contribution in [2.45, 2.75) is 44.8 Å². The maximum atomic E-state index is 13.8. The number of nitrogens with one attached hydrogen (secondary N) is 1. The van der Waals surface area contributed by atoms with Crippen molar-refractivity contribution in [1.29, 1.82) is 0 Å². The molecule has 3 heterocycles. The molecule has 1 aromatic heterocycles. The second-order valence-electron chi connectivity index (χ2n) is 9.61. The van der Waals surface area contributed by atoms with Crippen LogP contribution in [-0.2, 0) is 17.8 Å². The third-order valence-corrected chi connectivity index (χ3v) is 7.24. The van der Waals surface area contributed by atoms with Crippen LogP contribution in [0.5, 0.6) is 0 Å². The Balaban J connectivity index is 1.47. The van der Waals surface area contributed by atoms with Crippen molar-refractivity contribution >= 4 is 22.8 Å². The number of amides is 3. The van der Waals surface area contributed by atoms with Crippen LogP contribution in [0.1, 0.15) is 53.8 Å². The molecule has 5 heteroatoms. The Bertz CT molecular complexity index is 1390. The molecule has 1 fully saturated rings. The summed E-state index contributed by atoms with van der Waals surface area (Å²) in [6.45, 7) is 4.64. The van der Waals surface area contributed by atoms with Crippen LogP contribution in [0.2, 0.25) is 0 Å². The van der Waals surface area contributed by atoms with E-state index in [0.717, 1.165) is 33.3 Å². The van der Waals surface area contributed by atoms with E-state index in [0.29, 0.717) is 18.9 Å². The molecule has 0 spiro atoms. The summed E-state index contributed by atoms with van der Waals surface area (Å²) in [4.78, 5) is 34.2. The van der Waals surface area contributed by atoms with E-state index in [-0.39, 0.29) is 18.0 Å². The Morgan fingerprint density at radius 1 is 0.912 bits per heavy atom. The summed E-state index contributed by atoms with van der Waals surface area (Å²) in [7, 11) is 0. The summed E-state index contributed by atoms with van der Waals surface area (Å²) in [6.07, 6.45) is 0.524. The van der Waals surface area contributed by atoms with E-state index in [2.05, 4.69) is 55.2 Å². The van der Waals surface area contributed by atoms with E-state index in [9.17, 15) is 9.59 Å². The highest BCUT2D eigenvalue weighted by Crippen LogP contribution is 2.44. The fourth-order valence-electron chi connectivity index (χ4n) is 5.45. The van der Waals surface area contributed by atoms with Crippen molar-refractivity contribution in [2.75, 3.05) is 0 Å². The lowest BCUT2D eigenvalue weighted by molar-refractivity contribution is -0.129. The van der Waals surface area contributed by atoms with Gasteiger partial charge in [0, 0.05) is 23.0 Å². The number of aromatic amines is 1. The van der Waals surface area contributed by atoms with Gasteiger partial charge in [0.05, 0.1) is 6.54 Å². The quantitative estimate of drug-likeness (QED) is 0.402. The molecular weight excluding hydrogens is 422 g/mol. The van der Waals surface area contributed by atoms with Crippen molar-refractivity contribution in [1.82, 2.24) is 14.8 Å². The van der Waals surface area contributed by atoms with Crippen LogP contribution in [0.3, 0.4) is 0 Å². The van der Waals surface area contributed by atoms with Gasteiger partial charge in [-0.05, 0) is 34.2 Å². The highest BCUT2D eigenvalue weighted by Gasteiger charge is 2.52. The second-order valence-corrected chi connectivity index (χ2v) is 9.61. The van der Waals surface area contributed by atoms with Gasteiger partial charge >= 0.3 is 6.03 Å². The number of benzene rings is 3. The molecule has 0 radical (unpaired) electrons. The molecule has 34 heavy (non-hydrogen) atoms. The molecule has 4 aromatic rings. The van der Waals surface area contributed by atoms with Crippen LogP contribution in [0.25, 0.3) is 10.9 Å². The summed E-state index contributed by atoms with van der Waals surface area (Å²) in [5.74, 6) is 0.307. The summed E-state index contributed by atoms with van der Waals surface area (Å²) < 4.78 is 0. The number of urea groups is 1. The number of carbonyl (C=O) groups is 2. The molecule has 3 amide bonds. The Kier molecular flexibility index (Phi) is 4.80. The molecule has 2 unspecified atom stereocenters. The van der Waals surface area contributed by atoms with E-state index in [1.807, 2.05) is 42.5 Å². The van der Waals surface area contributed by atoms with Crippen LogP contribution in [0, 0.1) is 0 Å². The molecule has 1 N–H and O–H groups in total. The van der Waals surface area contributed by atoms with Crippen LogP contribution in [-0.4, -0.2) is 32.8 Å². The van der Waals surface area contributed by atoms with Crippen molar-refractivity contribution in [3.63, 3.8) is 0 Å². The molecule has 2 atom stereocenters. The third-order valence-electron chi connectivity index (χ3n) is 7.24. The Morgan fingerprint density at radius 3 is 2.35 bits per heavy atom. The van der Waals surface area contributed by atoms with Crippen LogP contribution < -0.4 is 0 Å². The standard InChI is InChI=1S/C29H27N3O2/c1-18(2)20-12-14-21(15-13-20)27-26-23(22-10-6-7-11-24(22)30-26)16-25-28(33)31(29(34)32(25)27)17-19-8-4-3-5-9-19/h3-15,18,25,27,30H,16-17H2,1-2H3. The molecular formula is C29H27N3O2. The molecule has 0 saturated carbocycles. The van der Waals surface area contributed by atoms with Gasteiger partial charge in [0.15, 0.2) is 0 Å². The number of imide groups is 1. The molecule has 2 aliphatic rings. The number of carbonyl (C=O) groups excluding carboxylic acids is 2. The second kappa shape index (κ2) is 7.87. The Morgan fingerprint density at radius 2 is 1.62 bits per heavy atom. The molecule has 0 aliphatic carbocycles. The number of nitrogens with zero attached hydrogens (tertiary/aromatic N) is 2. The minimum atomic E-state index is -0.502. The lowest BCUT2D eigenvalue weighted by atomic mass is 9.88. The number of hydrogen-bond donors (Lipinski definition) is 1. The average molecular weight is 450 g/mol. The summed E-state index contributed by atoms with van der Waals surface area (Å²) >= 11 is 0. The Labute approximate surface area is 199 Å². The normalized spacial score (nSPS) is 19.7. The minimum absolute atomic E-state index is 0.117. The molecule has 5 nitrogen and oxygen atoms in total. The summed E-state index contributed by atoms with van der Waals surface area (Å²) in [6, 6.07) is 25.3. The lowest BCUT2D eigenvalue weighted by Crippen LogP contribution is -2.44. The first-order valence-corrected chi connectivity index (χ1v) is 11.9. The highest BCUT2D eigenvalue weighted by atomic mass is 16.2. The van der Waals surface area contributed by atoms with Crippen LogP contribution in [0.4, 0.5) is 4.79 Å². The van der Waals surface area contributed by atoms with E-state index in [1.165, 1.54) is 10.5 Å². The van der Waals surface area contributed by atoms with E-state index >= 15 is 0 Å². The van der Waals surface area contributed by atoms with Gasteiger partial charge in [-0.1, -0.05) is 86.6 Å². The molecule has 1 saturated heterocycles. The summed E-state index contributed by atoms with van der Waals surface area (Å²) in [5, 5.41) is 1.13. The van der Waals surface area contributed by atoms with Gasteiger partial charge in [-0.15, -0.1) is 0 Å². The zero-order chi connectivity index (χ0) is 23.4. The zero-order valence-corrected chi connectivity index (χ0v) is 19.4. The maximum absolute atomic E-state index is 13.8. The van der Waals surface area contributed by atoms with E-state index < -0.39 is 6.04 Å². The van der Waals surface area contributed by atoms with Gasteiger partial charge in [-0.2, -0.15) is 0 Å². The van der Waals surface area contributed by atoms with Crippen LogP contribution in [0.15, 0.2) is 78.9 Å². The zero-order valence-electron chi connectivity index (χ0n) is 19.4. The first-order valence-electron chi connectivity index (χ1n) is 11.9. The third kappa shape index (κ3) is 3.15. The van der Waals surface area contributed by atoms with Gasteiger partial charge in [0.2, 0.25) is 0 Å². The molecule has 170 valence electrons. The van der Waals surface area contributed by atoms with Gasteiger partial charge in [-0.25, -0.2) is 4.79 Å². The fraction of sp³-hybridized carbons (Fsp3) is 0.241. The van der Waals surface area contributed by atoms with Gasteiger partial charge in [-0.3, -0.25) is 14.6 Å². The Hall–Kier alpha value is -3.86. The number of hydrogen-bond acceptors (Lipinski definition) is 2. The van der Waals surface area contributed by atoms with Crippen molar-refractivity contribution < 1.29 is 9.59 Å². The largest absolute Gasteiger partial charge is 0.356 e. The van der Waals surface area contributed by atoms with Crippen molar-refractivity contribution in [3.05, 3.63) is 107 Å². The van der Waals surface area contributed by atoms with Gasteiger partial charge in [0.25, 0.3) is 5.91 Å². The maximum Gasteiger partial charge on any atom is 0.328 e. The molecule has 0 bridgehead atoms. The van der Waals surface area contributed by atoms with E-state index in [4.69, 9.17) is 0 Å². The lowest BCUT2D eigenvalue weighted by Gasteiger charge is -2.36. The number of para-hydroxylation sites is 1. The fourth-order valence-corrected chi connectivity index (χ4v) is 5.45. The predicted octanol–water partition coefficient (Wildman–Crippen LogP) is 5.77. The minimum Gasteiger partial charge on any atom is -0.356 e. The average Bonchev–Trinajstić information content (AvgIpc) is 3.34. The summed E-state index contributed by atoms with van der Waals surface area (Å²) in [5.41, 5.74) is 6.41. The SMILES string of the molecule is CC(C)c1ccc(C2c3[nH]c4ccccc4c3CC3C(=O)N(Cc4ccccc4)C(=O)N32)cc1. The first-order chi connectivity index (χ1) is 16.5. The molecule has 3 aromatic carbocycles. The van der Waals surface area contributed by atoms with Crippen LogP contribution >= 0.6 is 0 Å². The van der Waals surface area contributed by atoms with Crippen molar-refractivity contribution in [3.8, 4) is 0 Å². The number of aromatic nitrogens is 1. The van der Waals surface area contributed by atoms with Gasteiger partial charge < -0.3 is 4.98 Å². The smallest absolute Gasteiger partial charge is 0.328 e. The number of fused-ring (bicyclic) bond motifs is 4. The predicted molar refractivity (Wildman–Crippen MR) is 132 cm³/mol. The molecule has 2 aliphatic heterocycles. The number of H-pyrrole nitrogens is 1. The van der Waals surface area contributed by atoms with Gasteiger partial charge in [0.1, 0.15) is 12.1 Å². The van der Waals surface area contributed by atoms with E-state index in [1.54, 1.807) is 4.90 Å².